The van der Waals surface area contributed by atoms with Crippen molar-refractivity contribution in [2.75, 3.05) is 105 Å². The van der Waals surface area contributed by atoms with Crippen molar-refractivity contribution in [2.24, 2.45) is 15.9 Å². The van der Waals surface area contributed by atoms with Gasteiger partial charge in [-0.2, -0.15) is 5.10 Å². The Labute approximate surface area is 457 Å². The molecule has 1 fully saturated rings. The molecule has 1 aromatic carbocycles. The quantitative estimate of drug-likeness (QED) is 0.00801. The van der Waals surface area contributed by atoms with E-state index in [1.54, 1.807) is 27.8 Å². The van der Waals surface area contributed by atoms with Crippen LogP contribution < -0.4 is 0 Å². The number of alkyl halides is 2. The molecule has 0 radical (unpaired) electrons. The van der Waals surface area contributed by atoms with Crippen LogP contribution in [0.3, 0.4) is 0 Å². The lowest BCUT2D eigenvalue weighted by atomic mass is 10.0. The molecule has 1 aliphatic carbocycles. The van der Waals surface area contributed by atoms with Gasteiger partial charge in [0.1, 0.15) is 35.3 Å². The van der Waals surface area contributed by atoms with Crippen LogP contribution >= 0.6 is 31.6 Å². The Kier molecular flexibility index (Phi) is 30.1. The first kappa shape index (κ1) is 63.8. The second-order valence-corrected chi connectivity index (χ2v) is 19.7. The molecule has 3 aromatic rings. The summed E-state index contributed by atoms with van der Waals surface area (Å²) in [4.78, 5) is 41.4. The number of ether oxygens (including phenoxy) is 9. The molecule has 3 heterocycles. The van der Waals surface area contributed by atoms with Crippen LogP contribution in [0.2, 0.25) is 5.02 Å². The van der Waals surface area contributed by atoms with Crippen LogP contribution in [0.15, 0.2) is 64.1 Å². The second kappa shape index (κ2) is 36.3. The van der Waals surface area contributed by atoms with E-state index in [4.69, 9.17) is 65.8 Å². The average molecular weight is 1150 g/mol. The first-order chi connectivity index (χ1) is 37.3. The number of amidine groups is 1. The molecule has 20 nitrogen and oxygen atoms in total. The number of benzene rings is 1. The Balaban J connectivity index is 0.857. The molecule has 2 aliphatic rings. The van der Waals surface area contributed by atoms with Gasteiger partial charge in [0.15, 0.2) is 32.0 Å². The predicted molar refractivity (Wildman–Crippen MR) is 280 cm³/mol. The Hall–Kier alpha value is -4.01. The highest BCUT2D eigenvalue weighted by Gasteiger charge is 2.32. The van der Waals surface area contributed by atoms with Gasteiger partial charge < -0.3 is 57.3 Å². The summed E-state index contributed by atoms with van der Waals surface area (Å²) < 4.78 is 109. The van der Waals surface area contributed by atoms with E-state index in [-0.39, 0.29) is 56.1 Å². The highest BCUT2D eigenvalue weighted by molar-refractivity contribution is 7.45. The molecule has 4 atom stereocenters. The lowest BCUT2D eigenvalue weighted by Gasteiger charge is -2.27. The standard InChI is InChI=1S/C50H71Cl2F4N8O12P/c1-36(4-3-14-68-16-10-47(65)76-48-44(55)29-39(54)30-45(48)56)9-15-69-19-20-71-18-13-63-33-40(60-61-63)34-74-26-25-73-24-23-72-22-21-70-17-12-62(32-37-5-6-38(53)28-43(37)52)50(58-35-51)42-31-59-64(49(42)57-2)46-8-7-41(75-46)11-27-77(66)67/h5-6,28-29,31,33,36,39,41,46,66-67H,2-4,7-27,30,32,34-35H2,1H3/b58-50+. The number of allylic oxidation sites excluding steroid dienone is 3. The third-order valence-electron chi connectivity index (χ3n) is 11.9. The summed E-state index contributed by atoms with van der Waals surface area (Å²) in [7, 11) is -2.01. The minimum atomic E-state index is -2.01. The van der Waals surface area contributed by atoms with Gasteiger partial charge in [0.25, 0.3) is 0 Å². The molecule has 0 bridgehead atoms. The van der Waals surface area contributed by atoms with Crippen molar-refractivity contribution in [1.29, 1.82) is 0 Å². The predicted octanol–water partition coefficient (Wildman–Crippen LogP) is 8.24. The van der Waals surface area contributed by atoms with Crippen molar-refractivity contribution in [2.45, 2.75) is 96.5 Å². The van der Waals surface area contributed by atoms with Crippen molar-refractivity contribution in [3.8, 4) is 0 Å². The number of aromatic nitrogens is 5. The summed E-state index contributed by atoms with van der Waals surface area (Å²) in [5.74, 6) is -3.25. The molecular formula is C50H71Cl2F4N8O12P. The van der Waals surface area contributed by atoms with Crippen LogP contribution in [0.25, 0.3) is 0 Å². The van der Waals surface area contributed by atoms with Crippen LogP contribution in [-0.4, -0.2) is 175 Å². The number of rotatable bonds is 40. The maximum absolute atomic E-state index is 14.0. The largest absolute Gasteiger partial charge is 0.421 e. The zero-order valence-corrected chi connectivity index (χ0v) is 45.7. The highest BCUT2D eigenvalue weighted by atomic mass is 35.5. The molecular weight excluding hydrogens is 1080 g/mol. The third kappa shape index (κ3) is 23.7. The summed E-state index contributed by atoms with van der Waals surface area (Å²) in [6, 6.07) is 4.12. The molecule has 1 aliphatic heterocycles. The zero-order valence-electron chi connectivity index (χ0n) is 43.3. The minimum Gasteiger partial charge on any atom is -0.421 e. The smallest absolute Gasteiger partial charge is 0.313 e. The summed E-state index contributed by atoms with van der Waals surface area (Å²) >= 11 is 12.7. The van der Waals surface area contributed by atoms with Crippen molar-refractivity contribution >= 4 is 55.9 Å². The number of carbonyl (C=O) groups is 1. The number of hydrogen-bond donors (Lipinski definition) is 2. The number of halogens is 6. The molecule has 1 saturated heterocycles. The molecule has 77 heavy (non-hydrogen) atoms. The summed E-state index contributed by atoms with van der Waals surface area (Å²) in [5.41, 5.74) is 1.88. The summed E-state index contributed by atoms with van der Waals surface area (Å²) in [5, 5.41) is 13.1. The van der Waals surface area contributed by atoms with Gasteiger partial charge in [-0.05, 0) is 74.9 Å². The van der Waals surface area contributed by atoms with E-state index in [1.165, 1.54) is 12.1 Å². The number of carbonyl (C=O) groups excluding carboxylic acids is 1. The molecule has 2 N–H and O–H groups in total. The van der Waals surface area contributed by atoms with Crippen LogP contribution in [0.5, 0.6) is 0 Å². The van der Waals surface area contributed by atoms with E-state index in [9.17, 15) is 32.1 Å². The van der Waals surface area contributed by atoms with E-state index >= 15 is 0 Å². The minimum absolute atomic E-state index is 0.0447. The zero-order chi connectivity index (χ0) is 55.2. The van der Waals surface area contributed by atoms with E-state index < -0.39 is 56.4 Å². The lowest BCUT2D eigenvalue weighted by Crippen LogP contribution is -2.35. The fourth-order valence-electron chi connectivity index (χ4n) is 7.93. The van der Waals surface area contributed by atoms with Gasteiger partial charge in [-0.1, -0.05) is 29.8 Å². The van der Waals surface area contributed by atoms with Crippen molar-refractivity contribution in [1.82, 2.24) is 29.7 Å². The van der Waals surface area contributed by atoms with Crippen LogP contribution in [-0.2, 0) is 67.1 Å². The van der Waals surface area contributed by atoms with E-state index in [2.05, 4.69) is 39.0 Å². The average Bonchev–Trinajstić information content (AvgIpc) is 4.18. The topological polar surface area (TPSA) is 217 Å². The SMILES string of the molecule is C=Nc1c(/C(=N\CCl)N(CCOCCOCCOCCOCc2cn(CCOCCOCCC(C)CCCOCCC(=O)OC3=C(F)CC(F)C=C3F)nn2)Cc2ccc(F)cc2Cl)cnn1C1CCC(CCP(O)O)O1. The molecule has 5 rings (SSSR count). The van der Waals surface area contributed by atoms with E-state index in [0.29, 0.717) is 139 Å². The second-order valence-electron chi connectivity index (χ2n) is 17.8. The van der Waals surface area contributed by atoms with Gasteiger partial charge in [0.2, 0.25) is 0 Å². The Morgan fingerprint density at radius 2 is 1.65 bits per heavy atom. The molecule has 0 spiro atoms. The molecule has 2 aromatic heterocycles. The highest BCUT2D eigenvalue weighted by Crippen LogP contribution is 2.37. The molecule has 27 heteroatoms. The maximum Gasteiger partial charge on any atom is 0.313 e. The fourth-order valence-corrected chi connectivity index (χ4v) is 8.79. The lowest BCUT2D eigenvalue weighted by molar-refractivity contribution is -0.141. The molecule has 0 amide bonds. The molecule has 0 saturated carbocycles. The van der Waals surface area contributed by atoms with Crippen LogP contribution in [0.4, 0.5) is 23.4 Å². The number of nitrogens with zero attached hydrogens (tertiary/aromatic N) is 8. The van der Waals surface area contributed by atoms with Crippen LogP contribution in [0, 0.1) is 11.7 Å². The summed E-state index contributed by atoms with van der Waals surface area (Å²) in [6.07, 6.45) is 5.46. The molecule has 4 unspecified atom stereocenters. The maximum atomic E-state index is 14.0. The van der Waals surface area contributed by atoms with Gasteiger partial charge in [-0.15, -0.1) is 16.7 Å². The third-order valence-corrected chi connectivity index (χ3v) is 13.0. The monoisotopic (exact) mass is 1150 g/mol. The number of hydrogen-bond acceptors (Lipinski definition) is 17. The Morgan fingerprint density at radius 1 is 0.948 bits per heavy atom. The van der Waals surface area contributed by atoms with E-state index in [0.717, 1.165) is 25.7 Å². The van der Waals surface area contributed by atoms with Crippen LogP contribution in [0.1, 0.15) is 81.3 Å². The summed E-state index contributed by atoms with van der Waals surface area (Å²) in [6.45, 7) is 12.0. The van der Waals surface area contributed by atoms with E-state index in [1.807, 2.05) is 4.90 Å². The molecule has 430 valence electrons. The van der Waals surface area contributed by atoms with Gasteiger partial charge in [-0.25, -0.2) is 31.9 Å². The normalized spacial score (nSPS) is 17.4. The number of aliphatic imine (C=N–C) groups is 2. The number of esters is 1. The van der Waals surface area contributed by atoms with Crippen molar-refractivity contribution < 1.29 is 74.8 Å². The van der Waals surface area contributed by atoms with Gasteiger partial charge >= 0.3 is 5.97 Å². The first-order valence-electron chi connectivity index (χ1n) is 25.5. The Morgan fingerprint density at radius 3 is 2.35 bits per heavy atom. The van der Waals surface area contributed by atoms with Crippen molar-refractivity contribution in [3.05, 3.63) is 81.7 Å². The van der Waals surface area contributed by atoms with Gasteiger partial charge in [0.05, 0.1) is 116 Å². The Bertz CT molecular complexity index is 2320. The van der Waals surface area contributed by atoms with Crippen molar-refractivity contribution in [3.63, 3.8) is 0 Å². The fraction of sp³-hybridized carbons (Fsp3) is 0.640. The van der Waals surface area contributed by atoms with Gasteiger partial charge in [0, 0.05) is 43.9 Å². The van der Waals surface area contributed by atoms with Gasteiger partial charge in [-0.3, -0.25) is 9.79 Å². The first-order valence-corrected chi connectivity index (χ1v) is 27.9.